The Morgan fingerprint density at radius 3 is 2.67 bits per heavy atom. The van der Waals surface area contributed by atoms with Crippen molar-refractivity contribution in [3.8, 4) is 0 Å². The molecule has 0 N–H and O–H groups in total. The Morgan fingerprint density at radius 1 is 1.17 bits per heavy atom. The third kappa shape index (κ3) is 3.55. The number of piperidine rings is 1. The van der Waals surface area contributed by atoms with Crippen molar-refractivity contribution in [1.29, 1.82) is 0 Å². The molecule has 3 fully saturated rings. The first-order valence-electron chi connectivity index (χ1n) is 8.49. The molecular formula is C18H23Cl3N2O. The maximum Gasteiger partial charge on any atom is 0.127 e. The van der Waals surface area contributed by atoms with Gasteiger partial charge in [-0.05, 0) is 62.8 Å². The molecule has 1 saturated carbocycles. The molecule has 2 heterocycles. The number of hydrogen-bond donors (Lipinski definition) is 0. The maximum atomic E-state index is 6.25. The summed E-state index contributed by atoms with van der Waals surface area (Å²) in [6.07, 6.45) is 8.34. The van der Waals surface area contributed by atoms with E-state index in [-0.39, 0.29) is 12.4 Å². The van der Waals surface area contributed by atoms with Crippen molar-refractivity contribution in [1.82, 2.24) is 4.90 Å². The highest BCUT2D eigenvalue weighted by molar-refractivity contribution is 6.42. The van der Waals surface area contributed by atoms with Crippen molar-refractivity contribution in [3.63, 3.8) is 0 Å². The zero-order chi connectivity index (χ0) is 16.0. The fraction of sp³-hybridized carbons (Fsp3) is 0.611. The van der Waals surface area contributed by atoms with Crippen LogP contribution in [0.15, 0.2) is 23.4 Å². The van der Waals surface area contributed by atoms with Crippen LogP contribution in [0, 0.1) is 5.92 Å². The number of rotatable bonds is 4. The highest BCUT2D eigenvalue weighted by Gasteiger charge is 2.45. The minimum atomic E-state index is 0. The van der Waals surface area contributed by atoms with Gasteiger partial charge in [-0.15, -0.1) is 12.4 Å². The summed E-state index contributed by atoms with van der Waals surface area (Å²) in [5, 5.41) is 5.57. The molecule has 0 aromatic heterocycles. The number of benzene rings is 1. The second-order valence-corrected chi connectivity index (χ2v) is 7.93. The number of fused-ring (bicyclic) bond motifs is 2. The summed E-state index contributed by atoms with van der Waals surface area (Å²) in [4.78, 5) is 8.06. The van der Waals surface area contributed by atoms with Crippen LogP contribution < -0.4 is 0 Å². The molecule has 4 atom stereocenters. The highest BCUT2D eigenvalue weighted by atomic mass is 35.5. The molecule has 1 aromatic carbocycles. The second kappa shape index (κ2) is 7.41. The zero-order valence-corrected chi connectivity index (χ0v) is 16.0. The molecule has 4 rings (SSSR count). The number of nitrogens with zero attached hydrogens (tertiary/aromatic N) is 2. The Hall–Kier alpha value is -0.480. The summed E-state index contributed by atoms with van der Waals surface area (Å²) < 4.78 is 0. The Balaban J connectivity index is 0.00000169. The summed E-state index contributed by atoms with van der Waals surface area (Å²) >= 11 is 12.3. The van der Waals surface area contributed by atoms with Crippen molar-refractivity contribution in [2.45, 2.75) is 56.2 Å². The van der Waals surface area contributed by atoms with Crippen LogP contribution >= 0.6 is 35.6 Å². The topological polar surface area (TPSA) is 24.8 Å². The standard InChI is InChI=1S/C18H22Cl2N2O.ClH/c1-22-12-3-7-18(22)15(10-21-23-13-4-5-13)14(9-12)11-2-6-16(19)17(20)8-11;/h2,6,8,10,12-15,18H,3-5,7,9H2,1H3;1H/t12?,14-,15-,18-;/m1./s1. The minimum absolute atomic E-state index is 0. The van der Waals surface area contributed by atoms with Crippen LogP contribution in [0.1, 0.15) is 43.6 Å². The first-order valence-corrected chi connectivity index (χ1v) is 9.25. The molecule has 1 aromatic rings. The van der Waals surface area contributed by atoms with Crippen molar-refractivity contribution in [2.75, 3.05) is 7.05 Å². The lowest BCUT2D eigenvalue weighted by atomic mass is 9.77. The van der Waals surface area contributed by atoms with Gasteiger partial charge in [-0.25, -0.2) is 0 Å². The van der Waals surface area contributed by atoms with Crippen LogP contribution in [-0.2, 0) is 4.84 Å². The Morgan fingerprint density at radius 2 is 1.96 bits per heavy atom. The molecule has 2 saturated heterocycles. The highest BCUT2D eigenvalue weighted by Crippen LogP contribution is 2.46. The number of hydrogen-bond acceptors (Lipinski definition) is 3. The van der Waals surface area contributed by atoms with Crippen molar-refractivity contribution in [3.05, 3.63) is 33.8 Å². The smallest absolute Gasteiger partial charge is 0.127 e. The quantitative estimate of drug-likeness (QED) is 0.525. The molecule has 3 aliphatic rings. The van der Waals surface area contributed by atoms with Crippen molar-refractivity contribution >= 4 is 41.8 Å². The molecular weight excluding hydrogens is 367 g/mol. The van der Waals surface area contributed by atoms with Gasteiger partial charge in [0.25, 0.3) is 0 Å². The average molecular weight is 390 g/mol. The Labute approximate surface area is 159 Å². The van der Waals surface area contributed by atoms with Crippen LogP contribution in [0.25, 0.3) is 0 Å². The molecule has 2 aliphatic heterocycles. The molecule has 3 nitrogen and oxygen atoms in total. The van der Waals surface area contributed by atoms with Crippen LogP contribution in [-0.4, -0.2) is 36.3 Å². The molecule has 0 spiro atoms. The maximum absolute atomic E-state index is 6.25. The van der Waals surface area contributed by atoms with E-state index in [2.05, 4.69) is 23.2 Å². The normalized spacial score (nSPS) is 32.8. The van der Waals surface area contributed by atoms with Gasteiger partial charge in [0.1, 0.15) is 6.10 Å². The number of oxime groups is 1. The molecule has 1 aliphatic carbocycles. The lowest BCUT2D eigenvalue weighted by Gasteiger charge is -2.41. The van der Waals surface area contributed by atoms with E-state index in [0.717, 1.165) is 19.3 Å². The van der Waals surface area contributed by atoms with E-state index in [9.17, 15) is 0 Å². The van der Waals surface area contributed by atoms with E-state index in [1.807, 2.05) is 18.3 Å². The van der Waals surface area contributed by atoms with Crippen LogP contribution in [0.4, 0.5) is 0 Å². The molecule has 2 bridgehead atoms. The van der Waals surface area contributed by atoms with Crippen molar-refractivity contribution < 1.29 is 4.84 Å². The molecule has 1 unspecified atom stereocenters. The summed E-state index contributed by atoms with van der Waals surface area (Å²) in [5.74, 6) is 0.805. The lowest BCUT2D eigenvalue weighted by Crippen LogP contribution is -2.46. The molecule has 0 radical (unpaired) electrons. The van der Waals surface area contributed by atoms with E-state index in [4.69, 9.17) is 28.0 Å². The van der Waals surface area contributed by atoms with Gasteiger partial charge < -0.3 is 4.84 Å². The zero-order valence-electron chi connectivity index (χ0n) is 13.7. The summed E-state index contributed by atoms with van der Waals surface area (Å²) in [7, 11) is 2.25. The summed E-state index contributed by atoms with van der Waals surface area (Å²) in [6, 6.07) is 7.26. The lowest BCUT2D eigenvalue weighted by molar-refractivity contribution is 0.115. The fourth-order valence-corrected chi connectivity index (χ4v) is 4.48. The predicted octanol–water partition coefficient (Wildman–Crippen LogP) is 5.15. The van der Waals surface area contributed by atoms with Crippen LogP contribution in [0.3, 0.4) is 0 Å². The first-order chi connectivity index (χ1) is 11.1. The SMILES string of the molecule is CN1C2CC[C@@H]1[C@H](C=NOC1CC1)[C@@H](c1ccc(Cl)c(Cl)c1)C2.Cl. The monoisotopic (exact) mass is 388 g/mol. The van der Waals surface area contributed by atoms with Gasteiger partial charge in [0.2, 0.25) is 0 Å². The van der Waals surface area contributed by atoms with Gasteiger partial charge in [0.15, 0.2) is 0 Å². The predicted molar refractivity (Wildman–Crippen MR) is 102 cm³/mol. The van der Waals surface area contributed by atoms with Gasteiger partial charge >= 0.3 is 0 Å². The minimum Gasteiger partial charge on any atom is -0.393 e. The van der Waals surface area contributed by atoms with Gasteiger partial charge in [0, 0.05) is 24.2 Å². The Kier molecular flexibility index (Phi) is 5.65. The molecule has 6 heteroatoms. The fourth-order valence-electron chi connectivity index (χ4n) is 4.18. The van der Waals surface area contributed by atoms with Gasteiger partial charge in [0.05, 0.1) is 10.0 Å². The van der Waals surface area contributed by atoms with Crippen LogP contribution in [0.5, 0.6) is 0 Å². The third-order valence-electron chi connectivity index (χ3n) is 5.67. The molecule has 0 amide bonds. The second-order valence-electron chi connectivity index (χ2n) is 7.12. The largest absolute Gasteiger partial charge is 0.393 e. The van der Waals surface area contributed by atoms with Gasteiger partial charge in [-0.1, -0.05) is 34.4 Å². The average Bonchev–Trinajstić information content (AvgIpc) is 3.31. The summed E-state index contributed by atoms with van der Waals surface area (Å²) in [5.41, 5.74) is 1.27. The third-order valence-corrected chi connectivity index (χ3v) is 6.41. The summed E-state index contributed by atoms with van der Waals surface area (Å²) in [6.45, 7) is 0. The van der Waals surface area contributed by atoms with E-state index in [1.165, 1.54) is 18.4 Å². The van der Waals surface area contributed by atoms with Crippen LogP contribution in [0.2, 0.25) is 10.0 Å². The van der Waals surface area contributed by atoms with E-state index < -0.39 is 0 Å². The first kappa shape index (κ1) is 18.3. The molecule has 24 heavy (non-hydrogen) atoms. The van der Waals surface area contributed by atoms with Gasteiger partial charge in [-0.3, -0.25) is 4.90 Å². The van der Waals surface area contributed by atoms with Gasteiger partial charge in [-0.2, -0.15) is 0 Å². The molecule has 132 valence electrons. The Bertz CT molecular complexity index is 620. The van der Waals surface area contributed by atoms with E-state index >= 15 is 0 Å². The van der Waals surface area contributed by atoms with E-state index in [1.54, 1.807) is 0 Å². The van der Waals surface area contributed by atoms with Crippen molar-refractivity contribution in [2.24, 2.45) is 11.1 Å². The van der Waals surface area contributed by atoms with E-state index in [0.29, 0.717) is 40.1 Å². The number of halogens is 3.